The van der Waals surface area contributed by atoms with Crippen LogP contribution < -0.4 is 5.01 Å². The molecular weight excluding hydrogens is 382 g/mol. The van der Waals surface area contributed by atoms with E-state index in [1.165, 1.54) is 5.01 Å². The van der Waals surface area contributed by atoms with Gasteiger partial charge in [0.2, 0.25) is 0 Å². The summed E-state index contributed by atoms with van der Waals surface area (Å²) in [6, 6.07) is 18.9. The maximum Gasteiger partial charge on any atom is 0.261 e. The first kappa shape index (κ1) is 19.4. The molecule has 0 radical (unpaired) electrons. The van der Waals surface area contributed by atoms with E-state index in [1.807, 2.05) is 49.4 Å². The van der Waals surface area contributed by atoms with Gasteiger partial charge in [0.25, 0.3) is 5.91 Å². The van der Waals surface area contributed by atoms with Gasteiger partial charge in [0.15, 0.2) is 0 Å². The number of thioether (sulfide) groups is 1. The van der Waals surface area contributed by atoms with Crippen molar-refractivity contribution in [3.63, 3.8) is 0 Å². The standard InChI is InChI=1S/C23H21N3O2S/c1-15(27)12-19-14-29-21(18-10-8-17(13-24)9-11-18)23(19)16(2)25-26(22(23)28)20-6-4-3-5-7-20/h3-11,19,21H,12,14H2,1-2H3/t19-,21-,23+/m0/s1. The van der Waals surface area contributed by atoms with E-state index < -0.39 is 5.41 Å². The van der Waals surface area contributed by atoms with Gasteiger partial charge >= 0.3 is 0 Å². The highest BCUT2D eigenvalue weighted by atomic mass is 32.2. The molecule has 6 heteroatoms. The second-order valence-electron chi connectivity index (χ2n) is 7.56. The number of nitrogens with zero attached hydrogens (tertiary/aromatic N) is 3. The minimum Gasteiger partial charge on any atom is -0.300 e. The van der Waals surface area contributed by atoms with Crippen LogP contribution in [0.25, 0.3) is 0 Å². The van der Waals surface area contributed by atoms with Crippen LogP contribution in [0, 0.1) is 22.7 Å². The van der Waals surface area contributed by atoms with Crippen molar-refractivity contribution in [2.24, 2.45) is 16.4 Å². The van der Waals surface area contributed by atoms with E-state index in [4.69, 9.17) is 5.26 Å². The molecule has 0 N–H and O–H groups in total. The summed E-state index contributed by atoms with van der Waals surface area (Å²) in [5.41, 5.74) is 2.18. The molecule has 0 saturated carbocycles. The fraction of sp³-hybridized carbons (Fsp3) is 0.304. The minimum absolute atomic E-state index is 0.0770. The minimum atomic E-state index is -0.861. The highest BCUT2D eigenvalue weighted by molar-refractivity contribution is 7.99. The van der Waals surface area contributed by atoms with Crippen molar-refractivity contribution >= 4 is 34.9 Å². The maximum atomic E-state index is 13.9. The van der Waals surface area contributed by atoms with Crippen LogP contribution in [-0.2, 0) is 9.59 Å². The Labute approximate surface area is 174 Å². The number of nitriles is 1. The van der Waals surface area contributed by atoms with E-state index in [9.17, 15) is 9.59 Å². The molecule has 0 bridgehead atoms. The Morgan fingerprint density at radius 1 is 1.24 bits per heavy atom. The Morgan fingerprint density at radius 2 is 1.93 bits per heavy atom. The Bertz CT molecular complexity index is 1030. The second kappa shape index (κ2) is 7.49. The number of carbonyl (C=O) groups is 2. The van der Waals surface area contributed by atoms with Crippen molar-refractivity contribution in [1.29, 1.82) is 5.26 Å². The first-order valence-corrected chi connectivity index (χ1v) is 10.6. The van der Waals surface area contributed by atoms with Crippen molar-refractivity contribution in [3.05, 3.63) is 65.7 Å². The van der Waals surface area contributed by atoms with E-state index in [0.717, 1.165) is 17.0 Å². The lowest BCUT2D eigenvalue weighted by atomic mass is 9.67. The number of hydrogen-bond donors (Lipinski definition) is 0. The number of benzene rings is 2. The van der Waals surface area contributed by atoms with Crippen molar-refractivity contribution < 1.29 is 9.59 Å². The van der Waals surface area contributed by atoms with Gasteiger partial charge < -0.3 is 4.79 Å². The van der Waals surface area contributed by atoms with Crippen molar-refractivity contribution in [2.45, 2.75) is 25.5 Å². The zero-order chi connectivity index (χ0) is 20.6. The number of para-hydroxylation sites is 1. The number of hydrazone groups is 1. The summed E-state index contributed by atoms with van der Waals surface area (Å²) in [5, 5.41) is 15.1. The normalized spacial score (nSPS) is 25.9. The average molecular weight is 404 g/mol. The van der Waals surface area contributed by atoms with E-state index >= 15 is 0 Å². The Kier molecular flexibility index (Phi) is 5.01. The summed E-state index contributed by atoms with van der Waals surface area (Å²) in [6.45, 7) is 3.48. The van der Waals surface area contributed by atoms with Gasteiger partial charge in [0.1, 0.15) is 11.2 Å². The van der Waals surface area contributed by atoms with Gasteiger partial charge in [-0.1, -0.05) is 30.3 Å². The molecule has 1 spiro atoms. The lowest BCUT2D eigenvalue weighted by Crippen LogP contribution is -2.46. The number of rotatable bonds is 4. The number of ketones is 1. The van der Waals surface area contributed by atoms with Crippen LogP contribution in [0.4, 0.5) is 5.69 Å². The highest BCUT2D eigenvalue weighted by Crippen LogP contribution is 2.61. The predicted molar refractivity (Wildman–Crippen MR) is 115 cm³/mol. The van der Waals surface area contributed by atoms with Gasteiger partial charge in [-0.05, 0) is 55.3 Å². The van der Waals surface area contributed by atoms with Gasteiger partial charge in [-0.3, -0.25) is 4.79 Å². The van der Waals surface area contributed by atoms with Crippen LogP contribution in [0.5, 0.6) is 0 Å². The molecule has 3 atom stereocenters. The fourth-order valence-electron chi connectivity index (χ4n) is 4.47. The van der Waals surface area contributed by atoms with E-state index in [2.05, 4.69) is 11.2 Å². The monoisotopic (exact) mass is 403 g/mol. The Morgan fingerprint density at radius 3 is 2.55 bits per heavy atom. The third-order valence-corrected chi connectivity index (χ3v) is 7.37. The third-order valence-electron chi connectivity index (χ3n) is 5.79. The largest absolute Gasteiger partial charge is 0.300 e. The molecule has 2 aromatic rings. The SMILES string of the molecule is CC(=O)C[C@H]1CS[C@@H](c2ccc(C#N)cc2)[C@]12C(=O)N(c1ccccc1)N=C2C. The average Bonchev–Trinajstić information content (AvgIpc) is 3.23. The fourth-order valence-corrected chi connectivity index (χ4v) is 6.35. The summed E-state index contributed by atoms with van der Waals surface area (Å²) in [5.74, 6) is 0.600. The molecule has 4 rings (SSSR count). The van der Waals surface area contributed by atoms with E-state index in [-0.39, 0.29) is 22.9 Å². The lowest BCUT2D eigenvalue weighted by molar-refractivity contribution is -0.126. The molecule has 0 aliphatic carbocycles. The first-order chi connectivity index (χ1) is 14.0. The molecule has 2 aromatic carbocycles. The molecule has 0 aromatic heterocycles. The number of Topliss-reactive ketones (excluding diaryl/α,β-unsaturated/α-hetero) is 1. The van der Waals surface area contributed by atoms with Crippen LogP contribution in [0.3, 0.4) is 0 Å². The predicted octanol–water partition coefficient (Wildman–Crippen LogP) is 4.35. The summed E-state index contributed by atoms with van der Waals surface area (Å²) in [7, 11) is 0. The second-order valence-corrected chi connectivity index (χ2v) is 8.70. The van der Waals surface area contributed by atoms with Gasteiger partial charge in [-0.2, -0.15) is 27.1 Å². The highest BCUT2D eigenvalue weighted by Gasteiger charge is 2.63. The van der Waals surface area contributed by atoms with Crippen molar-refractivity contribution in [2.75, 3.05) is 10.8 Å². The quantitative estimate of drug-likeness (QED) is 0.761. The van der Waals surface area contributed by atoms with Crippen LogP contribution in [-0.4, -0.2) is 23.2 Å². The first-order valence-electron chi connectivity index (χ1n) is 9.55. The zero-order valence-corrected chi connectivity index (χ0v) is 17.1. The molecule has 1 amide bonds. The van der Waals surface area contributed by atoms with Gasteiger partial charge in [-0.15, -0.1) is 0 Å². The lowest BCUT2D eigenvalue weighted by Gasteiger charge is -2.34. The molecule has 2 aliphatic rings. The van der Waals surface area contributed by atoms with Crippen LogP contribution in [0.2, 0.25) is 0 Å². The number of carbonyl (C=O) groups excluding carboxylic acids is 2. The number of anilines is 1. The molecule has 1 saturated heterocycles. The van der Waals surface area contributed by atoms with Crippen molar-refractivity contribution in [1.82, 2.24) is 0 Å². The van der Waals surface area contributed by atoms with E-state index in [0.29, 0.717) is 17.7 Å². The summed E-state index contributed by atoms with van der Waals surface area (Å²) < 4.78 is 0. The molecule has 2 aliphatic heterocycles. The summed E-state index contributed by atoms with van der Waals surface area (Å²) in [4.78, 5) is 25.9. The summed E-state index contributed by atoms with van der Waals surface area (Å²) >= 11 is 1.70. The molecule has 5 nitrogen and oxygen atoms in total. The van der Waals surface area contributed by atoms with Gasteiger partial charge in [0, 0.05) is 11.7 Å². The smallest absolute Gasteiger partial charge is 0.261 e. The molecular formula is C23H21N3O2S. The van der Waals surface area contributed by atoms with Crippen molar-refractivity contribution in [3.8, 4) is 6.07 Å². The van der Waals surface area contributed by atoms with Crippen LogP contribution in [0.15, 0.2) is 59.7 Å². The molecule has 0 unspecified atom stereocenters. The van der Waals surface area contributed by atoms with Gasteiger partial charge in [0.05, 0.1) is 23.0 Å². The zero-order valence-electron chi connectivity index (χ0n) is 16.3. The van der Waals surface area contributed by atoms with Gasteiger partial charge in [-0.25, -0.2) is 0 Å². The molecule has 146 valence electrons. The molecule has 1 fully saturated rings. The summed E-state index contributed by atoms with van der Waals surface area (Å²) in [6.07, 6.45) is 0.348. The Balaban J connectivity index is 1.81. The topological polar surface area (TPSA) is 73.5 Å². The third kappa shape index (κ3) is 3.06. The molecule has 2 heterocycles. The maximum absolute atomic E-state index is 13.9. The number of hydrogen-bond acceptors (Lipinski definition) is 5. The number of amides is 1. The van der Waals surface area contributed by atoms with E-state index in [1.54, 1.807) is 30.8 Å². The Hall–Kier alpha value is -2.91. The molecule has 29 heavy (non-hydrogen) atoms. The van der Waals surface area contributed by atoms with Crippen LogP contribution in [0.1, 0.15) is 36.6 Å². The van der Waals surface area contributed by atoms with Crippen LogP contribution >= 0.6 is 11.8 Å².